The first-order valence-electron chi connectivity index (χ1n) is 4.74. The molecule has 1 aliphatic rings. The van der Waals surface area contributed by atoms with E-state index in [2.05, 4.69) is 13.2 Å². The van der Waals surface area contributed by atoms with E-state index in [0.717, 1.165) is 12.8 Å². The lowest BCUT2D eigenvalue weighted by Gasteiger charge is -2.31. The highest BCUT2D eigenvalue weighted by Gasteiger charge is 2.30. The Morgan fingerprint density at radius 1 is 1.31 bits per heavy atom. The standard InChI is InChI=1S/C9H16O2.C2H4/c1-9(2,11)7-3-5-8(10)6-4-7;1-2/h7,11H,3-6H2,1-2H3;1-2H2. The van der Waals surface area contributed by atoms with Crippen molar-refractivity contribution >= 4 is 5.78 Å². The highest BCUT2D eigenvalue weighted by atomic mass is 16.3. The van der Waals surface area contributed by atoms with Gasteiger partial charge in [0.15, 0.2) is 0 Å². The Morgan fingerprint density at radius 2 is 1.69 bits per heavy atom. The number of carbonyl (C=O) groups excluding carboxylic acids is 1. The van der Waals surface area contributed by atoms with Crippen molar-refractivity contribution in [3.63, 3.8) is 0 Å². The molecule has 76 valence electrons. The van der Waals surface area contributed by atoms with E-state index in [1.165, 1.54) is 0 Å². The van der Waals surface area contributed by atoms with E-state index in [1.807, 2.05) is 13.8 Å². The average molecular weight is 184 g/mol. The summed E-state index contributed by atoms with van der Waals surface area (Å²) in [6.45, 7) is 9.65. The van der Waals surface area contributed by atoms with Crippen LogP contribution in [0.15, 0.2) is 13.2 Å². The highest BCUT2D eigenvalue weighted by Crippen LogP contribution is 2.30. The molecule has 0 amide bonds. The number of hydrogen-bond acceptors (Lipinski definition) is 2. The molecule has 2 nitrogen and oxygen atoms in total. The van der Waals surface area contributed by atoms with Crippen LogP contribution in [0.5, 0.6) is 0 Å². The number of carbonyl (C=O) groups is 1. The van der Waals surface area contributed by atoms with Gasteiger partial charge in [0.05, 0.1) is 5.60 Å². The van der Waals surface area contributed by atoms with Gasteiger partial charge in [-0.3, -0.25) is 4.79 Å². The van der Waals surface area contributed by atoms with E-state index >= 15 is 0 Å². The molecule has 0 unspecified atom stereocenters. The minimum atomic E-state index is -0.597. The van der Waals surface area contributed by atoms with E-state index in [-0.39, 0.29) is 0 Å². The van der Waals surface area contributed by atoms with Gasteiger partial charge in [0, 0.05) is 12.8 Å². The molecule has 0 spiro atoms. The second kappa shape index (κ2) is 5.18. The van der Waals surface area contributed by atoms with Crippen molar-refractivity contribution < 1.29 is 9.90 Å². The molecule has 1 rings (SSSR count). The molecule has 2 heteroatoms. The van der Waals surface area contributed by atoms with E-state index in [9.17, 15) is 9.90 Å². The molecule has 0 aromatic heterocycles. The molecule has 0 aromatic rings. The number of aliphatic hydroxyl groups is 1. The lowest BCUT2D eigenvalue weighted by atomic mass is 9.78. The topological polar surface area (TPSA) is 37.3 Å². The fourth-order valence-corrected chi connectivity index (χ4v) is 1.65. The van der Waals surface area contributed by atoms with Crippen LogP contribution in [0.25, 0.3) is 0 Å². The van der Waals surface area contributed by atoms with Crippen molar-refractivity contribution in [2.45, 2.75) is 45.1 Å². The van der Waals surface area contributed by atoms with Crippen LogP contribution < -0.4 is 0 Å². The third kappa shape index (κ3) is 4.23. The largest absolute Gasteiger partial charge is 0.390 e. The smallest absolute Gasteiger partial charge is 0.132 e. The van der Waals surface area contributed by atoms with E-state index in [4.69, 9.17) is 0 Å². The van der Waals surface area contributed by atoms with Crippen LogP contribution in [0.2, 0.25) is 0 Å². The Hall–Kier alpha value is -0.630. The minimum Gasteiger partial charge on any atom is -0.390 e. The van der Waals surface area contributed by atoms with Gasteiger partial charge in [0.25, 0.3) is 0 Å². The summed E-state index contributed by atoms with van der Waals surface area (Å²) in [4.78, 5) is 10.9. The zero-order valence-corrected chi connectivity index (χ0v) is 8.68. The van der Waals surface area contributed by atoms with Crippen LogP contribution in [-0.2, 0) is 4.79 Å². The third-order valence-corrected chi connectivity index (χ3v) is 2.54. The van der Waals surface area contributed by atoms with Crippen molar-refractivity contribution in [3.8, 4) is 0 Å². The van der Waals surface area contributed by atoms with Gasteiger partial charge >= 0.3 is 0 Å². The molecule has 0 heterocycles. The van der Waals surface area contributed by atoms with Crippen LogP contribution in [0.1, 0.15) is 39.5 Å². The second-order valence-electron chi connectivity index (χ2n) is 3.97. The Bertz CT molecular complexity index is 157. The van der Waals surface area contributed by atoms with Crippen LogP contribution in [0, 0.1) is 5.92 Å². The van der Waals surface area contributed by atoms with E-state index in [0.29, 0.717) is 24.5 Å². The van der Waals surface area contributed by atoms with E-state index in [1.54, 1.807) is 0 Å². The summed E-state index contributed by atoms with van der Waals surface area (Å²) in [7, 11) is 0. The quantitative estimate of drug-likeness (QED) is 0.635. The summed E-state index contributed by atoms with van der Waals surface area (Å²) < 4.78 is 0. The van der Waals surface area contributed by atoms with Gasteiger partial charge < -0.3 is 5.11 Å². The predicted octanol–water partition coefficient (Wildman–Crippen LogP) is 2.32. The fraction of sp³-hybridized carbons (Fsp3) is 0.727. The molecule has 1 saturated carbocycles. The Labute approximate surface area is 80.7 Å². The molecule has 1 fully saturated rings. The van der Waals surface area contributed by atoms with E-state index < -0.39 is 5.60 Å². The average Bonchev–Trinajstić information content (AvgIpc) is 2.07. The van der Waals surface area contributed by atoms with Gasteiger partial charge in [-0.05, 0) is 32.6 Å². The number of ketones is 1. The summed E-state index contributed by atoms with van der Waals surface area (Å²) in [5.74, 6) is 0.672. The normalized spacial score (nSPS) is 19.2. The SMILES string of the molecule is C=C.CC(C)(O)C1CCC(=O)CC1. The molecular formula is C11H20O2. The second-order valence-corrected chi connectivity index (χ2v) is 3.97. The fourth-order valence-electron chi connectivity index (χ4n) is 1.65. The van der Waals surface area contributed by atoms with Crippen molar-refractivity contribution in [2.24, 2.45) is 5.92 Å². The van der Waals surface area contributed by atoms with Crippen molar-refractivity contribution in [1.29, 1.82) is 0 Å². The molecule has 0 bridgehead atoms. The zero-order chi connectivity index (χ0) is 10.5. The van der Waals surface area contributed by atoms with Crippen LogP contribution in [-0.4, -0.2) is 16.5 Å². The van der Waals surface area contributed by atoms with Crippen LogP contribution >= 0.6 is 0 Å². The molecule has 0 aromatic carbocycles. The zero-order valence-electron chi connectivity index (χ0n) is 8.68. The van der Waals surface area contributed by atoms with Crippen LogP contribution in [0.4, 0.5) is 0 Å². The summed E-state index contributed by atoms with van der Waals surface area (Å²) in [6, 6.07) is 0. The van der Waals surface area contributed by atoms with Crippen LogP contribution in [0.3, 0.4) is 0 Å². The van der Waals surface area contributed by atoms with Gasteiger partial charge in [-0.15, -0.1) is 13.2 Å². The summed E-state index contributed by atoms with van der Waals surface area (Å²) in [5.41, 5.74) is -0.597. The minimum absolute atomic E-state index is 0.320. The number of Topliss-reactive ketones (excluding diaryl/α,β-unsaturated/α-hetero) is 1. The Kier molecular flexibility index (Phi) is 4.92. The van der Waals surface area contributed by atoms with Gasteiger partial charge in [-0.25, -0.2) is 0 Å². The molecule has 0 aliphatic heterocycles. The van der Waals surface area contributed by atoms with Gasteiger partial charge in [0.2, 0.25) is 0 Å². The molecule has 13 heavy (non-hydrogen) atoms. The van der Waals surface area contributed by atoms with Crippen molar-refractivity contribution in [3.05, 3.63) is 13.2 Å². The summed E-state index contributed by atoms with van der Waals surface area (Å²) in [5, 5.41) is 9.62. The first-order valence-corrected chi connectivity index (χ1v) is 4.74. The molecule has 1 N–H and O–H groups in total. The maximum atomic E-state index is 10.9. The first kappa shape index (κ1) is 12.4. The molecular weight excluding hydrogens is 164 g/mol. The molecule has 0 radical (unpaired) electrons. The molecule has 0 atom stereocenters. The van der Waals surface area contributed by atoms with Gasteiger partial charge in [0.1, 0.15) is 5.78 Å². The Morgan fingerprint density at radius 3 is 2.00 bits per heavy atom. The summed E-state index contributed by atoms with van der Waals surface area (Å²) in [6.07, 6.45) is 3.05. The third-order valence-electron chi connectivity index (χ3n) is 2.54. The Balaban J connectivity index is 0.000000671. The monoisotopic (exact) mass is 184 g/mol. The maximum absolute atomic E-state index is 10.9. The first-order chi connectivity index (χ1) is 6.00. The molecule has 0 saturated heterocycles. The number of rotatable bonds is 1. The predicted molar refractivity (Wildman–Crippen MR) is 54.5 cm³/mol. The molecule has 1 aliphatic carbocycles. The lowest BCUT2D eigenvalue weighted by Crippen LogP contribution is -2.33. The number of hydrogen-bond donors (Lipinski definition) is 1. The van der Waals surface area contributed by atoms with Gasteiger partial charge in [-0.1, -0.05) is 0 Å². The van der Waals surface area contributed by atoms with Crippen molar-refractivity contribution in [1.82, 2.24) is 0 Å². The van der Waals surface area contributed by atoms with Crippen molar-refractivity contribution in [2.75, 3.05) is 0 Å². The summed E-state index contributed by atoms with van der Waals surface area (Å²) >= 11 is 0. The van der Waals surface area contributed by atoms with Gasteiger partial charge in [-0.2, -0.15) is 0 Å². The maximum Gasteiger partial charge on any atom is 0.132 e. The highest BCUT2D eigenvalue weighted by molar-refractivity contribution is 5.79. The lowest BCUT2D eigenvalue weighted by molar-refractivity contribution is -0.122.